The quantitative estimate of drug-likeness (QED) is 0.378. The Kier molecular flexibility index (Phi) is 8.38. The molecule has 0 aliphatic rings. The molecule has 1 N–H and O–H groups in total. The molecule has 0 unspecified atom stereocenters. The first kappa shape index (κ1) is 12.0. The van der Waals surface area contributed by atoms with E-state index in [9.17, 15) is 4.79 Å². The lowest BCUT2D eigenvalue weighted by atomic mass is 10.3. The average Bonchev–Trinajstić information content (AvgIpc) is 2.16. The molecule has 0 aliphatic heterocycles. The Balaban J connectivity index is 3.06. The number of carbonyl (C=O) groups is 1. The van der Waals surface area contributed by atoms with Gasteiger partial charge < -0.3 is 10.1 Å². The Morgan fingerprint density at radius 1 is 1.46 bits per heavy atom. The van der Waals surface area contributed by atoms with Crippen molar-refractivity contribution in [2.24, 2.45) is 0 Å². The van der Waals surface area contributed by atoms with Crippen molar-refractivity contribution in [3.8, 4) is 11.8 Å². The van der Waals surface area contributed by atoms with Gasteiger partial charge in [0.15, 0.2) is 0 Å². The first-order valence-electron chi connectivity index (χ1n) is 4.48. The van der Waals surface area contributed by atoms with Gasteiger partial charge in [-0.2, -0.15) is 0 Å². The van der Waals surface area contributed by atoms with Crippen LogP contribution in [0, 0.1) is 11.8 Å². The molecule has 0 saturated carbocycles. The predicted molar refractivity (Wildman–Crippen MR) is 52.2 cm³/mol. The van der Waals surface area contributed by atoms with Crippen LogP contribution in [0.4, 0.5) is 0 Å². The highest BCUT2D eigenvalue weighted by Gasteiger charge is 1.97. The van der Waals surface area contributed by atoms with Gasteiger partial charge in [0.05, 0.1) is 7.11 Å². The summed E-state index contributed by atoms with van der Waals surface area (Å²) >= 11 is 0. The summed E-state index contributed by atoms with van der Waals surface area (Å²) in [6, 6.07) is 0. The second-order valence-corrected chi connectivity index (χ2v) is 2.61. The fourth-order valence-electron chi connectivity index (χ4n) is 0.861. The maximum atomic E-state index is 10.7. The lowest BCUT2D eigenvalue weighted by Crippen LogP contribution is -2.17. The molecule has 0 atom stereocenters. The summed E-state index contributed by atoms with van der Waals surface area (Å²) in [7, 11) is 1.41. The highest BCUT2D eigenvalue weighted by Crippen LogP contribution is 1.89. The number of nitrogens with one attached hydrogen (secondary N) is 1. The third-order valence-corrected chi connectivity index (χ3v) is 1.57. The molecular weight excluding hydrogens is 166 g/mol. The first-order chi connectivity index (χ1) is 6.31. The van der Waals surface area contributed by atoms with Crippen molar-refractivity contribution in [3.05, 3.63) is 0 Å². The molecule has 0 aliphatic carbocycles. The fraction of sp³-hybridized carbons (Fsp3) is 0.700. The maximum absolute atomic E-state index is 10.7. The Bertz CT molecular complexity index is 191. The molecule has 0 rings (SSSR count). The summed E-state index contributed by atoms with van der Waals surface area (Å²) in [5, 5.41) is 3.19. The van der Waals surface area contributed by atoms with E-state index in [2.05, 4.69) is 21.9 Å². The van der Waals surface area contributed by atoms with Crippen molar-refractivity contribution in [2.45, 2.75) is 26.2 Å². The van der Waals surface area contributed by atoms with E-state index >= 15 is 0 Å². The Hall–Kier alpha value is -1.01. The molecule has 0 spiro atoms. The van der Waals surface area contributed by atoms with E-state index in [-0.39, 0.29) is 5.97 Å². The highest BCUT2D eigenvalue weighted by atomic mass is 16.5. The molecule has 74 valence electrons. The molecule has 0 bridgehead atoms. The molecule has 0 saturated heterocycles. The zero-order valence-corrected chi connectivity index (χ0v) is 8.35. The van der Waals surface area contributed by atoms with Gasteiger partial charge in [-0.3, -0.25) is 4.79 Å². The van der Waals surface area contributed by atoms with Crippen LogP contribution in [0.3, 0.4) is 0 Å². The minimum Gasteiger partial charge on any atom is -0.469 e. The van der Waals surface area contributed by atoms with Gasteiger partial charge in [0.2, 0.25) is 0 Å². The third kappa shape index (κ3) is 8.90. The molecule has 0 aromatic rings. The van der Waals surface area contributed by atoms with Gasteiger partial charge >= 0.3 is 5.97 Å². The number of hydrogen-bond acceptors (Lipinski definition) is 3. The van der Waals surface area contributed by atoms with Crippen molar-refractivity contribution < 1.29 is 9.53 Å². The molecule has 0 aromatic heterocycles. The molecule has 0 radical (unpaired) electrons. The Morgan fingerprint density at radius 2 is 2.23 bits per heavy atom. The van der Waals surface area contributed by atoms with E-state index in [1.165, 1.54) is 7.11 Å². The van der Waals surface area contributed by atoms with Gasteiger partial charge in [-0.1, -0.05) is 0 Å². The standard InChI is InChI=1S/C10H17NO2/c1-3-4-5-8-11-9-6-7-10(12)13-2/h11H,5-9H2,1-2H3. The zero-order valence-electron chi connectivity index (χ0n) is 8.35. The topological polar surface area (TPSA) is 38.3 Å². The second kappa shape index (κ2) is 9.08. The summed E-state index contributed by atoms with van der Waals surface area (Å²) in [6.07, 6.45) is 2.18. The van der Waals surface area contributed by atoms with E-state index in [1.807, 2.05) is 6.92 Å². The van der Waals surface area contributed by atoms with Gasteiger partial charge in [0.1, 0.15) is 0 Å². The third-order valence-electron chi connectivity index (χ3n) is 1.57. The normalized spacial score (nSPS) is 8.77. The number of methoxy groups -OCH3 is 1. The van der Waals surface area contributed by atoms with Crippen molar-refractivity contribution in [2.75, 3.05) is 20.2 Å². The lowest BCUT2D eigenvalue weighted by molar-refractivity contribution is -0.140. The summed E-state index contributed by atoms with van der Waals surface area (Å²) in [5.74, 6) is 5.63. The summed E-state index contributed by atoms with van der Waals surface area (Å²) in [6.45, 7) is 3.57. The van der Waals surface area contributed by atoms with Crippen LogP contribution in [0.1, 0.15) is 26.2 Å². The molecule has 3 nitrogen and oxygen atoms in total. The Morgan fingerprint density at radius 3 is 2.85 bits per heavy atom. The van der Waals surface area contributed by atoms with Crippen molar-refractivity contribution in [1.29, 1.82) is 0 Å². The fourth-order valence-corrected chi connectivity index (χ4v) is 0.861. The monoisotopic (exact) mass is 183 g/mol. The molecule has 0 aromatic carbocycles. The number of rotatable bonds is 6. The van der Waals surface area contributed by atoms with Gasteiger partial charge in [0.25, 0.3) is 0 Å². The van der Waals surface area contributed by atoms with Crippen LogP contribution in [0.25, 0.3) is 0 Å². The summed E-state index contributed by atoms with van der Waals surface area (Å²) in [5.41, 5.74) is 0. The highest BCUT2D eigenvalue weighted by molar-refractivity contribution is 5.68. The van der Waals surface area contributed by atoms with Crippen LogP contribution in [-0.2, 0) is 9.53 Å². The number of carbonyl (C=O) groups excluding carboxylic acids is 1. The molecule has 0 fully saturated rings. The van der Waals surface area contributed by atoms with Crippen molar-refractivity contribution >= 4 is 5.97 Å². The molecule has 13 heavy (non-hydrogen) atoms. The molecule has 0 heterocycles. The van der Waals surface area contributed by atoms with E-state index < -0.39 is 0 Å². The molecule has 3 heteroatoms. The predicted octanol–water partition coefficient (Wildman–Crippen LogP) is 0.943. The van der Waals surface area contributed by atoms with Crippen molar-refractivity contribution in [3.63, 3.8) is 0 Å². The smallest absolute Gasteiger partial charge is 0.305 e. The van der Waals surface area contributed by atoms with E-state index in [1.54, 1.807) is 0 Å². The lowest BCUT2D eigenvalue weighted by Gasteiger charge is -2.00. The van der Waals surface area contributed by atoms with Crippen LogP contribution < -0.4 is 5.32 Å². The summed E-state index contributed by atoms with van der Waals surface area (Å²) in [4.78, 5) is 10.7. The first-order valence-corrected chi connectivity index (χ1v) is 4.48. The average molecular weight is 183 g/mol. The van der Waals surface area contributed by atoms with E-state index in [0.29, 0.717) is 6.42 Å². The zero-order chi connectivity index (χ0) is 9.94. The largest absolute Gasteiger partial charge is 0.469 e. The molecule has 0 amide bonds. The van der Waals surface area contributed by atoms with E-state index in [0.717, 1.165) is 25.9 Å². The maximum Gasteiger partial charge on any atom is 0.305 e. The number of esters is 1. The van der Waals surface area contributed by atoms with Crippen LogP contribution in [0.5, 0.6) is 0 Å². The number of hydrogen-bond donors (Lipinski definition) is 1. The van der Waals surface area contributed by atoms with E-state index in [4.69, 9.17) is 0 Å². The molecular formula is C10H17NO2. The van der Waals surface area contributed by atoms with Gasteiger partial charge in [-0.15, -0.1) is 11.8 Å². The van der Waals surface area contributed by atoms with Crippen LogP contribution in [-0.4, -0.2) is 26.2 Å². The van der Waals surface area contributed by atoms with Crippen LogP contribution in [0.2, 0.25) is 0 Å². The van der Waals surface area contributed by atoms with Crippen LogP contribution in [0.15, 0.2) is 0 Å². The second-order valence-electron chi connectivity index (χ2n) is 2.61. The minimum atomic E-state index is -0.143. The van der Waals surface area contributed by atoms with Gasteiger partial charge in [-0.05, 0) is 19.9 Å². The van der Waals surface area contributed by atoms with Gasteiger partial charge in [-0.25, -0.2) is 0 Å². The van der Waals surface area contributed by atoms with Gasteiger partial charge in [0, 0.05) is 19.4 Å². The summed E-state index contributed by atoms with van der Waals surface area (Å²) < 4.78 is 4.51. The SMILES string of the molecule is CC#CCCNCCCC(=O)OC. The Labute approximate surface area is 79.8 Å². The minimum absolute atomic E-state index is 0.143. The van der Waals surface area contributed by atoms with Crippen LogP contribution >= 0.6 is 0 Å². The number of ether oxygens (including phenoxy) is 1. The van der Waals surface area contributed by atoms with Crippen molar-refractivity contribution in [1.82, 2.24) is 5.32 Å².